The lowest BCUT2D eigenvalue weighted by atomic mass is 10.2. The van der Waals surface area contributed by atoms with E-state index in [1.54, 1.807) is 0 Å². The topological polar surface area (TPSA) is 75.2 Å². The Bertz CT molecular complexity index is 434. The molecule has 0 radical (unpaired) electrons. The highest BCUT2D eigenvalue weighted by atomic mass is 35.5. The molecule has 1 fully saturated rings. The molecule has 0 bridgehead atoms. The molecule has 1 aliphatic rings. The van der Waals surface area contributed by atoms with Crippen molar-refractivity contribution in [2.75, 3.05) is 12.4 Å². The number of carbonyl (C=O) groups excluding carboxylic acids is 2. The van der Waals surface area contributed by atoms with Gasteiger partial charge in [-0.05, 0) is 0 Å². The molecule has 0 spiro atoms. The Hall–Kier alpha value is -1.69. The number of hydrogen-bond donors (Lipinski definition) is 1. The molecule has 0 aliphatic carbocycles. The fraction of sp³-hybridized carbons (Fsp3) is 0.333. The molecule has 1 unspecified atom stereocenters. The predicted molar refractivity (Wildman–Crippen MR) is 56.8 cm³/mol. The summed E-state index contributed by atoms with van der Waals surface area (Å²) in [5.41, 5.74) is 0. The fourth-order valence-corrected chi connectivity index (χ4v) is 1.51. The number of halogens is 1. The largest absolute Gasteiger partial charge is 0.342 e. The van der Waals surface area contributed by atoms with E-state index in [4.69, 9.17) is 11.6 Å². The highest BCUT2D eigenvalue weighted by molar-refractivity contribution is 6.30. The lowest BCUT2D eigenvalue weighted by Gasteiger charge is -2.10. The van der Waals surface area contributed by atoms with Crippen LogP contribution in [0, 0.1) is 0 Å². The SMILES string of the molecule is CN1C(=O)CC(Nc2ncc(Cl)cn2)C1=O. The van der Waals surface area contributed by atoms with Crippen LogP contribution >= 0.6 is 11.6 Å². The van der Waals surface area contributed by atoms with Gasteiger partial charge in [0.2, 0.25) is 11.9 Å². The molecule has 1 aromatic heterocycles. The molecule has 0 aromatic carbocycles. The maximum Gasteiger partial charge on any atom is 0.252 e. The molecular formula is C9H9ClN4O2. The molecule has 2 amide bonds. The Kier molecular flexibility index (Phi) is 2.74. The molecule has 7 heteroatoms. The summed E-state index contributed by atoms with van der Waals surface area (Å²) in [6.45, 7) is 0. The molecule has 1 atom stereocenters. The standard InChI is InChI=1S/C9H9ClN4O2/c1-14-7(15)2-6(8(14)16)13-9-11-3-5(10)4-12-9/h3-4,6H,2H2,1H3,(H,11,12,13). The molecule has 0 saturated carbocycles. The zero-order valence-electron chi connectivity index (χ0n) is 8.48. The van der Waals surface area contributed by atoms with Gasteiger partial charge in [0.15, 0.2) is 0 Å². The van der Waals surface area contributed by atoms with Crippen molar-refractivity contribution < 1.29 is 9.59 Å². The minimum atomic E-state index is -0.585. The Morgan fingerprint density at radius 2 is 2.06 bits per heavy atom. The first-order chi connectivity index (χ1) is 7.58. The number of rotatable bonds is 2. The zero-order chi connectivity index (χ0) is 11.7. The average Bonchev–Trinajstić information content (AvgIpc) is 2.50. The third-order valence-electron chi connectivity index (χ3n) is 2.31. The van der Waals surface area contributed by atoms with Crippen molar-refractivity contribution in [2.24, 2.45) is 0 Å². The molecule has 1 N–H and O–H groups in total. The lowest BCUT2D eigenvalue weighted by Crippen LogP contribution is -2.32. The van der Waals surface area contributed by atoms with Crippen LogP contribution in [0.5, 0.6) is 0 Å². The number of anilines is 1. The average molecular weight is 241 g/mol. The number of imide groups is 1. The molecule has 1 aromatic rings. The van der Waals surface area contributed by atoms with Crippen LogP contribution < -0.4 is 5.32 Å². The van der Waals surface area contributed by atoms with E-state index in [0.29, 0.717) is 5.02 Å². The van der Waals surface area contributed by atoms with Gasteiger partial charge in [0.05, 0.1) is 23.8 Å². The van der Waals surface area contributed by atoms with Crippen LogP contribution in [-0.2, 0) is 9.59 Å². The van der Waals surface area contributed by atoms with Crippen molar-refractivity contribution in [1.29, 1.82) is 0 Å². The van der Waals surface area contributed by atoms with Crippen LogP contribution in [-0.4, -0.2) is 39.8 Å². The van der Waals surface area contributed by atoms with Crippen molar-refractivity contribution in [1.82, 2.24) is 14.9 Å². The molecule has 1 saturated heterocycles. The highest BCUT2D eigenvalue weighted by Crippen LogP contribution is 2.15. The van der Waals surface area contributed by atoms with Crippen molar-refractivity contribution in [3.05, 3.63) is 17.4 Å². The molecule has 1 aliphatic heterocycles. The molecule has 6 nitrogen and oxygen atoms in total. The summed E-state index contributed by atoms with van der Waals surface area (Å²) in [6, 6.07) is -0.585. The van der Waals surface area contributed by atoms with E-state index in [9.17, 15) is 9.59 Å². The second-order valence-electron chi connectivity index (χ2n) is 3.42. The molecule has 2 rings (SSSR count). The predicted octanol–water partition coefficient (Wildman–Crippen LogP) is 0.299. The fourth-order valence-electron chi connectivity index (χ4n) is 1.41. The maximum absolute atomic E-state index is 11.5. The first-order valence-corrected chi connectivity index (χ1v) is 5.00. The van der Waals surface area contributed by atoms with Crippen molar-refractivity contribution in [2.45, 2.75) is 12.5 Å². The zero-order valence-corrected chi connectivity index (χ0v) is 9.23. The molecular weight excluding hydrogens is 232 g/mol. The monoisotopic (exact) mass is 240 g/mol. The molecule has 16 heavy (non-hydrogen) atoms. The highest BCUT2D eigenvalue weighted by Gasteiger charge is 2.36. The number of likely N-dealkylation sites (N-methyl/N-ethyl adjacent to an activating group) is 1. The van der Waals surface area contributed by atoms with Gasteiger partial charge in [-0.15, -0.1) is 0 Å². The van der Waals surface area contributed by atoms with Gasteiger partial charge in [-0.25, -0.2) is 9.97 Å². The smallest absolute Gasteiger partial charge is 0.252 e. The van der Waals surface area contributed by atoms with Gasteiger partial charge in [-0.2, -0.15) is 0 Å². The van der Waals surface area contributed by atoms with Crippen LogP contribution in [0.2, 0.25) is 5.02 Å². The van der Waals surface area contributed by atoms with Crippen LogP contribution in [0.3, 0.4) is 0 Å². The number of nitrogens with zero attached hydrogens (tertiary/aromatic N) is 3. The van der Waals surface area contributed by atoms with E-state index in [-0.39, 0.29) is 24.2 Å². The summed E-state index contributed by atoms with van der Waals surface area (Å²) in [5.74, 6) is -0.203. The quantitative estimate of drug-likeness (QED) is 0.753. The number of amides is 2. The summed E-state index contributed by atoms with van der Waals surface area (Å²) in [7, 11) is 1.45. The number of hydrogen-bond acceptors (Lipinski definition) is 5. The van der Waals surface area contributed by atoms with Gasteiger partial charge in [-0.3, -0.25) is 14.5 Å². The van der Waals surface area contributed by atoms with E-state index < -0.39 is 6.04 Å². The van der Waals surface area contributed by atoms with Crippen LogP contribution in [0.4, 0.5) is 5.95 Å². The summed E-state index contributed by atoms with van der Waals surface area (Å²) in [4.78, 5) is 31.7. The van der Waals surface area contributed by atoms with Gasteiger partial charge in [-0.1, -0.05) is 11.6 Å². The van der Waals surface area contributed by atoms with Gasteiger partial charge in [0, 0.05) is 7.05 Å². The number of aromatic nitrogens is 2. The lowest BCUT2D eigenvalue weighted by molar-refractivity contribution is -0.136. The van der Waals surface area contributed by atoms with Crippen molar-refractivity contribution in [3.8, 4) is 0 Å². The Morgan fingerprint density at radius 3 is 2.56 bits per heavy atom. The van der Waals surface area contributed by atoms with Crippen LogP contribution in [0.1, 0.15) is 6.42 Å². The summed E-state index contributed by atoms with van der Waals surface area (Å²) in [6.07, 6.45) is 2.96. The summed E-state index contributed by atoms with van der Waals surface area (Å²) in [5, 5.41) is 3.20. The Morgan fingerprint density at radius 1 is 1.44 bits per heavy atom. The van der Waals surface area contributed by atoms with Gasteiger partial charge in [0.1, 0.15) is 6.04 Å². The Labute approximate surface area is 96.6 Å². The van der Waals surface area contributed by atoms with Gasteiger partial charge < -0.3 is 5.32 Å². The summed E-state index contributed by atoms with van der Waals surface area (Å²) < 4.78 is 0. The first kappa shape index (κ1) is 10.8. The van der Waals surface area contributed by atoms with E-state index >= 15 is 0 Å². The van der Waals surface area contributed by atoms with Crippen molar-refractivity contribution in [3.63, 3.8) is 0 Å². The molecule has 2 heterocycles. The first-order valence-electron chi connectivity index (χ1n) is 4.62. The van der Waals surface area contributed by atoms with E-state index in [2.05, 4.69) is 15.3 Å². The minimum absolute atomic E-state index is 0.126. The van der Waals surface area contributed by atoms with Crippen LogP contribution in [0.25, 0.3) is 0 Å². The van der Waals surface area contributed by atoms with Gasteiger partial charge in [0.25, 0.3) is 5.91 Å². The Balaban J connectivity index is 2.09. The number of likely N-dealkylation sites (tertiary alicyclic amines) is 1. The van der Waals surface area contributed by atoms with Gasteiger partial charge >= 0.3 is 0 Å². The van der Waals surface area contributed by atoms with E-state index in [1.165, 1.54) is 19.4 Å². The second-order valence-corrected chi connectivity index (χ2v) is 3.85. The van der Waals surface area contributed by atoms with Crippen molar-refractivity contribution >= 4 is 29.4 Å². The second kappa shape index (κ2) is 4.05. The number of carbonyl (C=O) groups is 2. The maximum atomic E-state index is 11.5. The summed E-state index contributed by atoms with van der Waals surface area (Å²) >= 11 is 5.62. The number of nitrogens with one attached hydrogen (secondary N) is 1. The minimum Gasteiger partial charge on any atom is -0.342 e. The molecule has 84 valence electrons. The van der Waals surface area contributed by atoms with Crippen LogP contribution in [0.15, 0.2) is 12.4 Å². The third kappa shape index (κ3) is 1.96. The normalized spacial score (nSPS) is 20.4. The van der Waals surface area contributed by atoms with E-state index in [1.807, 2.05) is 0 Å². The van der Waals surface area contributed by atoms with E-state index in [0.717, 1.165) is 4.90 Å². The third-order valence-corrected chi connectivity index (χ3v) is 2.50.